The van der Waals surface area contributed by atoms with Crippen LogP contribution in [0.3, 0.4) is 0 Å². The summed E-state index contributed by atoms with van der Waals surface area (Å²) >= 11 is 18.2. The van der Waals surface area contributed by atoms with E-state index in [1.54, 1.807) is 13.8 Å². The smallest absolute Gasteiger partial charge is 0.265 e. The summed E-state index contributed by atoms with van der Waals surface area (Å²) in [6.07, 6.45) is -8.63. The van der Waals surface area contributed by atoms with Crippen LogP contribution in [0, 0.1) is 17.2 Å². The molecule has 0 aliphatic carbocycles. The van der Waals surface area contributed by atoms with E-state index >= 15 is 0 Å². The molecule has 18 heteroatoms. The SMILES string of the molecule is CC1C(OCc2ccccc2)[C@H](OCc2ccccc2)CO[C@H]1O[C@H]1C(C)O[C@@H](OC2C(C)[C@@H](N=[N+]=[N-])C(COCc3ccccc3)O[C@@H]2OC(=N)C(Cl)(Cl)Cl)C2OC(C)(C)OC21. The Bertz CT molecular complexity index is 1970. The van der Waals surface area contributed by atoms with Gasteiger partial charge in [-0.1, -0.05) is 145 Å². The molecule has 15 nitrogen and oxygen atoms in total. The van der Waals surface area contributed by atoms with Crippen molar-refractivity contribution >= 4 is 40.7 Å². The fourth-order valence-electron chi connectivity index (χ4n) is 8.38. The van der Waals surface area contributed by atoms with E-state index in [1.165, 1.54) is 0 Å². The highest BCUT2D eigenvalue weighted by atomic mass is 35.6. The van der Waals surface area contributed by atoms with E-state index in [0.29, 0.717) is 13.2 Å². The Morgan fingerprint density at radius 1 is 0.746 bits per heavy atom. The summed E-state index contributed by atoms with van der Waals surface area (Å²) in [5.41, 5.74) is 12.7. The monoisotopic (exact) mass is 932 g/mol. The molecular formula is C45H55Cl3N4O11. The minimum absolute atomic E-state index is 0.0160. The summed E-state index contributed by atoms with van der Waals surface area (Å²) in [4.78, 5) is 3.12. The highest BCUT2D eigenvalue weighted by molar-refractivity contribution is 6.76. The zero-order chi connectivity index (χ0) is 44.7. The van der Waals surface area contributed by atoms with E-state index in [1.807, 2.05) is 112 Å². The van der Waals surface area contributed by atoms with Crippen molar-refractivity contribution in [2.45, 2.75) is 138 Å². The number of halogens is 3. The lowest BCUT2D eigenvalue weighted by molar-refractivity contribution is -0.351. The lowest BCUT2D eigenvalue weighted by Crippen LogP contribution is -2.63. The Hall–Kier alpha value is -3.09. The summed E-state index contributed by atoms with van der Waals surface area (Å²) in [6, 6.07) is 28.7. The molecule has 1 N–H and O–H groups in total. The van der Waals surface area contributed by atoms with E-state index in [2.05, 4.69) is 10.0 Å². The van der Waals surface area contributed by atoms with Crippen LogP contribution in [0.4, 0.5) is 0 Å². The van der Waals surface area contributed by atoms with Gasteiger partial charge in [0.1, 0.15) is 30.5 Å². The van der Waals surface area contributed by atoms with E-state index in [0.717, 1.165) is 16.7 Å². The Balaban J connectivity index is 1.08. The molecule has 8 unspecified atom stereocenters. The Labute approximate surface area is 382 Å². The lowest BCUT2D eigenvalue weighted by Gasteiger charge is -2.48. The first-order valence-electron chi connectivity index (χ1n) is 21.1. The van der Waals surface area contributed by atoms with Gasteiger partial charge in [0.15, 0.2) is 18.4 Å². The standard InChI is InChI=1S/C45H55Cl3N4O11/c1-26-34(51-52-50)32(24-53-21-29-15-9-6-10-16-29)58-41(61-43(49)45(46,47)48)36(26)59-42-39-38(62-44(4,5)63-39)37(28(3)57-42)60-40-27(2)35(55-23-31-19-13-8-14-20-31)33(25-56-40)54-22-30-17-11-7-12-18-30/h6-20,26-28,32-42,49H,21-25H2,1-5H3/t26?,27?,28?,32?,33-,34-,35?,36?,37+,38?,39?,40+,41-,42+/m1/s1. The van der Waals surface area contributed by atoms with Gasteiger partial charge in [0.25, 0.3) is 3.79 Å². The van der Waals surface area contributed by atoms with Crippen molar-refractivity contribution in [3.63, 3.8) is 0 Å². The van der Waals surface area contributed by atoms with Crippen molar-refractivity contribution in [1.29, 1.82) is 5.41 Å². The zero-order valence-electron chi connectivity index (χ0n) is 35.7. The molecule has 0 amide bonds. The van der Waals surface area contributed by atoms with Gasteiger partial charge in [-0.3, -0.25) is 5.41 Å². The summed E-state index contributed by atoms with van der Waals surface area (Å²) in [5.74, 6) is -2.65. The van der Waals surface area contributed by atoms with Crippen molar-refractivity contribution in [2.75, 3.05) is 13.2 Å². The molecule has 3 aromatic rings. The third kappa shape index (κ3) is 12.2. The van der Waals surface area contributed by atoms with Crippen LogP contribution in [0.2, 0.25) is 0 Å². The van der Waals surface area contributed by atoms with Gasteiger partial charge in [-0.2, -0.15) is 0 Å². The Kier molecular flexibility index (Phi) is 16.3. The molecule has 342 valence electrons. The van der Waals surface area contributed by atoms with Crippen LogP contribution in [0.25, 0.3) is 10.4 Å². The molecule has 0 bridgehead atoms. The zero-order valence-corrected chi connectivity index (χ0v) is 38.0. The summed E-state index contributed by atoms with van der Waals surface area (Å²) < 4.78 is 68.6. The topological polar surface area (TPSA) is 174 Å². The van der Waals surface area contributed by atoms with Crippen molar-refractivity contribution in [2.24, 2.45) is 17.0 Å². The molecule has 7 rings (SSSR count). The summed E-state index contributed by atoms with van der Waals surface area (Å²) in [5, 5.41) is 12.5. The van der Waals surface area contributed by atoms with Crippen molar-refractivity contribution in [1.82, 2.24) is 0 Å². The van der Waals surface area contributed by atoms with Gasteiger partial charge in [0.05, 0.1) is 57.4 Å². The maximum absolute atomic E-state index is 9.67. The number of hydrogen-bond acceptors (Lipinski definition) is 13. The van der Waals surface area contributed by atoms with Crippen LogP contribution < -0.4 is 0 Å². The lowest BCUT2D eigenvalue weighted by atomic mass is 9.88. The fraction of sp³-hybridized carbons (Fsp3) is 0.578. The molecule has 0 aromatic heterocycles. The number of ether oxygens (including phenoxy) is 11. The predicted molar refractivity (Wildman–Crippen MR) is 233 cm³/mol. The average molecular weight is 934 g/mol. The second-order valence-electron chi connectivity index (χ2n) is 16.7. The van der Waals surface area contributed by atoms with Crippen LogP contribution in [-0.2, 0) is 71.9 Å². The first kappa shape index (κ1) is 47.9. The van der Waals surface area contributed by atoms with E-state index in [4.69, 9.17) is 92.3 Å². The first-order chi connectivity index (χ1) is 30.2. The van der Waals surface area contributed by atoms with Crippen molar-refractivity contribution < 1.29 is 52.1 Å². The van der Waals surface area contributed by atoms with Crippen LogP contribution in [-0.4, -0.2) is 102 Å². The molecule has 4 saturated heterocycles. The highest BCUT2D eigenvalue weighted by Gasteiger charge is 2.59. The van der Waals surface area contributed by atoms with Gasteiger partial charge in [-0.25, -0.2) is 0 Å². The Morgan fingerprint density at radius 3 is 1.92 bits per heavy atom. The second-order valence-corrected chi connectivity index (χ2v) is 19.0. The maximum atomic E-state index is 9.67. The average Bonchev–Trinajstić information content (AvgIpc) is 3.60. The number of alkyl halides is 3. The number of benzene rings is 3. The molecule has 3 aromatic carbocycles. The maximum Gasteiger partial charge on any atom is 0.265 e. The number of nitrogens with zero attached hydrogens (tertiary/aromatic N) is 3. The minimum Gasteiger partial charge on any atom is -0.445 e. The number of hydrogen-bond donors (Lipinski definition) is 1. The molecule has 4 aliphatic rings. The van der Waals surface area contributed by atoms with Gasteiger partial charge in [-0.15, -0.1) is 0 Å². The Morgan fingerprint density at radius 2 is 1.32 bits per heavy atom. The predicted octanol–water partition coefficient (Wildman–Crippen LogP) is 8.81. The molecule has 0 radical (unpaired) electrons. The normalized spacial score (nSPS) is 34.1. The van der Waals surface area contributed by atoms with Gasteiger partial charge in [0, 0.05) is 10.8 Å². The van der Waals surface area contributed by atoms with E-state index in [9.17, 15) is 5.53 Å². The van der Waals surface area contributed by atoms with Crippen molar-refractivity contribution in [3.05, 3.63) is 118 Å². The summed E-state index contributed by atoms with van der Waals surface area (Å²) in [6.45, 7) is 10.6. The van der Waals surface area contributed by atoms with Gasteiger partial charge >= 0.3 is 0 Å². The quantitative estimate of drug-likeness (QED) is 0.0363. The largest absolute Gasteiger partial charge is 0.445 e. The van der Waals surface area contributed by atoms with Crippen LogP contribution in [0.5, 0.6) is 0 Å². The number of nitrogens with one attached hydrogen (secondary N) is 1. The highest BCUT2D eigenvalue weighted by Crippen LogP contribution is 2.43. The van der Waals surface area contributed by atoms with E-state index in [-0.39, 0.29) is 37.9 Å². The number of fused-ring (bicyclic) bond motifs is 1. The minimum atomic E-state index is -2.21. The van der Waals surface area contributed by atoms with E-state index < -0.39 is 82.9 Å². The molecule has 14 atom stereocenters. The fourth-order valence-corrected chi connectivity index (χ4v) is 8.52. The van der Waals surface area contributed by atoms with Crippen LogP contribution in [0.1, 0.15) is 51.3 Å². The van der Waals surface area contributed by atoms with Crippen LogP contribution in [0.15, 0.2) is 96.1 Å². The second kappa shape index (κ2) is 21.5. The molecule has 4 aliphatic heterocycles. The first-order valence-corrected chi connectivity index (χ1v) is 22.2. The van der Waals surface area contributed by atoms with Gasteiger partial charge in [0.2, 0.25) is 12.2 Å². The molecule has 4 heterocycles. The molecule has 63 heavy (non-hydrogen) atoms. The number of azide groups is 1. The molecule has 0 saturated carbocycles. The van der Waals surface area contributed by atoms with Gasteiger partial charge in [-0.05, 0) is 48.9 Å². The molecule has 0 spiro atoms. The molecular weight excluding hydrogens is 879 g/mol. The molecule has 4 fully saturated rings. The number of rotatable bonds is 16. The van der Waals surface area contributed by atoms with Crippen molar-refractivity contribution in [3.8, 4) is 0 Å². The third-order valence-corrected chi connectivity index (χ3v) is 12.1. The summed E-state index contributed by atoms with van der Waals surface area (Å²) in [7, 11) is 0. The third-order valence-electron chi connectivity index (χ3n) is 11.6. The van der Waals surface area contributed by atoms with Crippen LogP contribution >= 0.6 is 34.8 Å². The van der Waals surface area contributed by atoms with Gasteiger partial charge < -0.3 is 52.1 Å².